The minimum absolute atomic E-state index is 0.309. The number of hydrogen-bond acceptors (Lipinski definition) is 8. The molecule has 0 bridgehead atoms. The van der Waals surface area contributed by atoms with Crippen LogP contribution in [-0.4, -0.2) is 63.6 Å². The fraction of sp³-hybridized carbons (Fsp3) is 0.455. The van der Waals surface area contributed by atoms with Gasteiger partial charge in [-0.2, -0.15) is 0 Å². The lowest BCUT2D eigenvalue weighted by Gasteiger charge is -2.18. The highest BCUT2D eigenvalue weighted by atomic mass is 32.2. The number of fused-ring (bicyclic) bond motifs is 1. The van der Waals surface area contributed by atoms with Crippen molar-refractivity contribution in [3.8, 4) is 22.9 Å². The lowest BCUT2D eigenvalue weighted by Crippen LogP contribution is -2.37. The predicted octanol–water partition coefficient (Wildman–Crippen LogP) is 2.15. The molecule has 0 fully saturated rings. The first-order valence-electron chi connectivity index (χ1n) is 10.4. The Balaban J connectivity index is 2.19. The van der Waals surface area contributed by atoms with Crippen LogP contribution < -0.4 is 20.7 Å². The Bertz CT molecular complexity index is 1230. The Labute approximate surface area is 191 Å². The van der Waals surface area contributed by atoms with Crippen LogP contribution in [0.2, 0.25) is 0 Å². The number of hydrogen-bond donors (Lipinski definition) is 0. The molecule has 0 amide bonds. The van der Waals surface area contributed by atoms with Gasteiger partial charge in [-0.25, -0.2) is 14.8 Å². The summed E-state index contributed by atoms with van der Waals surface area (Å²) in [6.07, 6.45) is 0. The molecule has 172 valence electrons. The normalized spacial score (nSPS) is 11.3. The number of rotatable bonds is 9. The van der Waals surface area contributed by atoms with E-state index < -0.39 is 11.2 Å². The van der Waals surface area contributed by atoms with Gasteiger partial charge in [0.25, 0.3) is 5.56 Å². The van der Waals surface area contributed by atoms with Crippen molar-refractivity contribution in [2.45, 2.75) is 18.9 Å². The molecular weight excluding hydrogens is 430 g/mol. The summed E-state index contributed by atoms with van der Waals surface area (Å²) in [4.78, 5) is 37.1. The molecule has 0 spiro atoms. The zero-order valence-corrected chi connectivity index (χ0v) is 20.2. The fourth-order valence-corrected chi connectivity index (χ4v) is 4.47. The molecule has 3 rings (SSSR count). The number of ether oxygens (including phenoxy) is 2. The van der Waals surface area contributed by atoms with Gasteiger partial charge in [0.1, 0.15) is 10.4 Å². The van der Waals surface area contributed by atoms with Crippen molar-refractivity contribution < 1.29 is 9.47 Å². The molecule has 0 radical (unpaired) electrons. The first kappa shape index (κ1) is 23.8. The molecule has 32 heavy (non-hydrogen) atoms. The molecule has 0 N–H and O–H groups in total. The average Bonchev–Trinajstić information content (AvgIpc) is 2.82. The molecule has 2 heterocycles. The second-order valence-corrected chi connectivity index (χ2v) is 8.29. The molecule has 1 aromatic carbocycles. The molecule has 0 unspecified atom stereocenters. The van der Waals surface area contributed by atoms with E-state index in [4.69, 9.17) is 14.5 Å². The van der Waals surface area contributed by atoms with Crippen molar-refractivity contribution in [1.29, 1.82) is 0 Å². The molecule has 0 aliphatic rings. The molecule has 2 aromatic heterocycles. The second kappa shape index (κ2) is 10.2. The van der Waals surface area contributed by atoms with Gasteiger partial charge in [0.15, 0.2) is 23.0 Å². The van der Waals surface area contributed by atoms with Crippen LogP contribution in [0.3, 0.4) is 0 Å². The van der Waals surface area contributed by atoms with Crippen molar-refractivity contribution in [2.24, 2.45) is 14.1 Å². The highest BCUT2D eigenvalue weighted by Gasteiger charge is 2.19. The Morgan fingerprint density at radius 3 is 2.31 bits per heavy atom. The quantitative estimate of drug-likeness (QED) is 0.355. The number of benzene rings is 1. The summed E-state index contributed by atoms with van der Waals surface area (Å²) < 4.78 is 13.2. The number of aryl methyl sites for hydroxylation is 1. The summed E-state index contributed by atoms with van der Waals surface area (Å²) in [6.45, 7) is 7.01. The maximum atomic E-state index is 13.0. The molecule has 10 heteroatoms. The van der Waals surface area contributed by atoms with E-state index in [1.165, 1.54) is 23.4 Å². The molecule has 9 nitrogen and oxygen atoms in total. The van der Waals surface area contributed by atoms with Gasteiger partial charge in [0.05, 0.1) is 14.2 Å². The van der Waals surface area contributed by atoms with Crippen LogP contribution in [-0.2, 0) is 14.1 Å². The number of nitrogens with zero attached hydrogens (tertiary/aromatic N) is 5. The minimum atomic E-state index is -0.432. The Morgan fingerprint density at radius 2 is 1.69 bits per heavy atom. The summed E-state index contributed by atoms with van der Waals surface area (Å²) >= 11 is 1.50. The first-order valence-corrected chi connectivity index (χ1v) is 11.4. The van der Waals surface area contributed by atoms with E-state index in [-0.39, 0.29) is 0 Å². The van der Waals surface area contributed by atoms with E-state index >= 15 is 0 Å². The molecule has 0 aliphatic heterocycles. The third-order valence-corrected chi connectivity index (χ3v) is 6.40. The van der Waals surface area contributed by atoms with Crippen molar-refractivity contribution >= 4 is 22.8 Å². The topological polar surface area (TPSA) is 91.5 Å². The van der Waals surface area contributed by atoms with Gasteiger partial charge in [-0.3, -0.25) is 13.9 Å². The monoisotopic (exact) mass is 459 g/mol. The summed E-state index contributed by atoms with van der Waals surface area (Å²) in [6, 6.07) is 5.38. The third-order valence-electron chi connectivity index (χ3n) is 5.45. The van der Waals surface area contributed by atoms with Gasteiger partial charge in [-0.15, -0.1) is 11.8 Å². The van der Waals surface area contributed by atoms with Crippen molar-refractivity contribution in [2.75, 3.05) is 39.6 Å². The summed E-state index contributed by atoms with van der Waals surface area (Å²) in [5, 5.41) is 0.909. The zero-order valence-electron chi connectivity index (χ0n) is 19.3. The summed E-state index contributed by atoms with van der Waals surface area (Å²) in [5.41, 5.74) is 0.178. The van der Waals surface area contributed by atoms with E-state index in [9.17, 15) is 9.59 Å². The summed E-state index contributed by atoms with van der Waals surface area (Å²) in [5.74, 6) is 2.30. The smallest absolute Gasteiger partial charge is 0.332 e. The average molecular weight is 460 g/mol. The van der Waals surface area contributed by atoms with Crippen molar-refractivity contribution in [1.82, 2.24) is 24.0 Å². The highest BCUT2D eigenvalue weighted by molar-refractivity contribution is 7.99. The number of aromatic nitrogens is 4. The van der Waals surface area contributed by atoms with Gasteiger partial charge < -0.3 is 14.4 Å². The highest BCUT2D eigenvalue weighted by Crippen LogP contribution is 2.32. The fourth-order valence-electron chi connectivity index (χ4n) is 3.45. The van der Waals surface area contributed by atoms with Gasteiger partial charge in [0, 0.05) is 32.0 Å². The Morgan fingerprint density at radius 1 is 1.00 bits per heavy atom. The zero-order chi connectivity index (χ0) is 23.4. The van der Waals surface area contributed by atoms with Crippen LogP contribution in [0.1, 0.15) is 13.8 Å². The lowest BCUT2D eigenvalue weighted by atomic mass is 10.2. The lowest BCUT2D eigenvalue weighted by molar-refractivity contribution is 0.324. The van der Waals surface area contributed by atoms with Crippen LogP contribution in [0.25, 0.3) is 22.4 Å². The van der Waals surface area contributed by atoms with Gasteiger partial charge in [-0.1, -0.05) is 13.8 Å². The van der Waals surface area contributed by atoms with Crippen LogP contribution in [0.5, 0.6) is 11.5 Å². The standard InChI is InChI=1S/C22H29N5O4S/c1-7-27(8-2)11-12-32-20-17-19(25(3)22(29)26(4)21(17)28)23-18(24-20)14-9-10-15(30-5)16(13-14)31-6/h9-10,13H,7-8,11-12H2,1-6H3. The van der Waals surface area contributed by atoms with E-state index in [0.29, 0.717) is 38.9 Å². The largest absolute Gasteiger partial charge is 0.493 e. The van der Waals surface area contributed by atoms with E-state index in [1.807, 2.05) is 6.07 Å². The third kappa shape index (κ3) is 4.51. The van der Waals surface area contributed by atoms with Crippen molar-refractivity contribution in [3.63, 3.8) is 0 Å². The van der Waals surface area contributed by atoms with E-state index in [0.717, 1.165) is 30.0 Å². The molecule has 0 atom stereocenters. The molecule has 0 saturated heterocycles. The van der Waals surface area contributed by atoms with Gasteiger partial charge >= 0.3 is 5.69 Å². The SMILES string of the molecule is CCN(CC)CCSc1nc(-c2ccc(OC)c(OC)c2)nc2c1c(=O)n(C)c(=O)n2C. The van der Waals surface area contributed by atoms with Crippen molar-refractivity contribution in [3.05, 3.63) is 39.0 Å². The predicted molar refractivity (Wildman–Crippen MR) is 127 cm³/mol. The number of thioether (sulfide) groups is 1. The Kier molecular flexibility index (Phi) is 7.57. The minimum Gasteiger partial charge on any atom is -0.493 e. The number of methoxy groups -OCH3 is 2. The van der Waals surface area contributed by atoms with E-state index in [1.54, 1.807) is 33.4 Å². The van der Waals surface area contributed by atoms with Crippen LogP contribution >= 0.6 is 11.8 Å². The Hall–Kier alpha value is -2.85. The molecule has 0 saturated carbocycles. The van der Waals surface area contributed by atoms with E-state index in [2.05, 4.69) is 23.7 Å². The maximum absolute atomic E-state index is 13.0. The van der Waals surface area contributed by atoms with Crippen LogP contribution in [0.15, 0.2) is 32.8 Å². The maximum Gasteiger partial charge on any atom is 0.332 e. The van der Waals surface area contributed by atoms with Gasteiger partial charge in [0.2, 0.25) is 0 Å². The summed E-state index contributed by atoms with van der Waals surface area (Å²) in [7, 11) is 6.21. The molecule has 3 aromatic rings. The van der Waals surface area contributed by atoms with Gasteiger partial charge in [-0.05, 0) is 31.3 Å². The molecular formula is C22H29N5O4S. The second-order valence-electron chi connectivity index (χ2n) is 7.20. The molecule has 0 aliphatic carbocycles. The van der Waals surface area contributed by atoms with Crippen LogP contribution in [0, 0.1) is 0 Å². The first-order chi connectivity index (χ1) is 15.4. The van der Waals surface area contributed by atoms with Crippen LogP contribution in [0.4, 0.5) is 0 Å².